The average Bonchev–Trinajstić information content (AvgIpc) is 3.21. The molecule has 0 amide bonds. The van der Waals surface area contributed by atoms with Gasteiger partial charge in [0.1, 0.15) is 11.6 Å². The lowest BCUT2D eigenvalue weighted by molar-refractivity contribution is 0.310. The summed E-state index contributed by atoms with van der Waals surface area (Å²) in [5, 5.41) is 3.39. The molecule has 1 N–H and O–H groups in total. The van der Waals surface area contributed by atoms with Crippen molar-refractivity contribution in [2.24, 2.45) is 0 Å². The van der Waals surface area contributed by atoms with Crippen molar-refractivity contribution in [1.29, 1.82) is 0 Å². The van der Waals surface area contributed by atoms with E-state index >= 15 is 0 Å². The number of aromatic nitrogens is 3. The van der Waals surface area contributed by atoms with Gasteiger partial charge in [-0.3, -0.25) is 4.98 Å². The molecule has 0 saturated heterocycles. The Bertz CT molecular complexity index is 945. The summed E-state index contributed by atoms with van der Waals surface area (Å²) in [4.78, 5) is 16.0. The van der Waals surface area contributed by atoms with Crippen LogP contribution >= 0.6 is 0 Å². The number of nitrogens with one attached hydrogen (secondary N) is 1. The van der Waals surface area contributed by atoms with Crippen molar-refractivity contribution < 1.29 is 4.74 Å². The molecule has 0 atom stereocenters. The van der Waals surface area contributed by atoms with E-state index in [2.05, 4.69) is 35.2 Å². The number of aryl methyl sites for hydroxylation is 1. The van der Waals surface area contributed by atoms with Gasteiger partial charge in [-0.2, -0.15) is 0 Å². The molecule has 1 aliphatic heterocycles. The fourth-order valence-corrected chi connectivity index (χ4v) is 3.40. The van der Waals surface area contributed by atoms with Gasteiger partial charge in [-0.15, -0.1) is 0 Å². The van der Waals surface area contributed by atoms with E-state index in [0.29, 0.717) is 6.61 Å². The summed E-state index contributed by atoms with van der Waals surface area (Å²) < 4.78 is 5.93. The maximum atomic E-state index is 5.93. The lowest BCUT2D eigenvalue weighted by Crippen LogP contribution is -2.23. The molecule has 0 saturated carbocycles. The fraction of sp³-hybridized carbons (Fsp3) is 0.318. The van der Waals surface area contributed by atoms with Crippen LogP contribution in [0.4, 0.5) is 5.82 Å². The molecule has 6 heteroatoms. The van der Waals surface area contributed by atoms with Gasteiger partial charge < -0.3 is 15.0 Å². The number of hydrogen-bond donors (Lipinski definition) is 1. The quantitative estimate of drug-likeness (QED) is 0.639. The maximum absolute atomic E-state index is 5.93. The van der Waals surface area contributed by atoms with E-state index in [9.17, 15) is 0 Å². The third kappa shape index (κ3) is 3.97. The topological polar surface area (TPSA) is 63.2 Å². The number of nitrogens with zero attached hydrogens (tertiary/aromatic N) is 4. The highest BCUT2D eigenvalue weighted by molar-refractivity contribution is 5.60. The van der Waals surface area contributed by atoms with Crippen LogP contribution in [0.25, 0.3) is 11.4 Å². The Labute approximate surface area is 165 Å². The molecule has 6 nitrogen and oxygen atoms in total. The Morgan fingerprint density at radius 3 is 2.82 bits per heavy atom. The normalized spacial score (nSPS) is 12.6. The number of hydrogen-bond acceptors (Lipinski definition) is 6. The number of pyridine rings is 1. The van der Waals surface area contributed by atoms with Crippen molar-refractivity contribution >= 4 is 5.82 Å². The third-order valence-electron chi connectivity index (χ3n) is 4.94. The van der Waals surface area contributed by atoms with Gasteiger partial charge in [-0.25, -0.2) is 9.97 Å². The minimum atomic E-state index is 0.677. The zero-order valence-corrected chi connectivity index (χ0v) is 16.4. The minimum Gasteiger partial charge on any atom is -0.493 e. The molecule has 4 rings (SSSR count). The summed E-state index contributed by atoms with van der Waals surface area (Å²) >= 11 is 0. The highest BCUT2D eigenvalue weighted by Crippen LogP contribution is 2.27. The molecule has 144 valence electrons. The van der Waals surface area contributed by atoms with E-state index in [4.69, 9.17) is 14.7 Å². The van der Waals surface area contributed by atoms with Crippen molar-refractivity contribution in [1.82, 2.24) is 20.3 Å². The van der Waals surface area contributed by atoms with E-state index in [1.54, 1.807) is 6.20 Å². The number of anilines is 1. The van der Waals surface area contributed by atoms with Gasteiger partial charge in [0, 0.05) is 50.2 Å². The number of fused-ring (bicyclic) bond motifs is 1. The van der Waals surface area contributed by atoms with Crippen LogP contribution in [0.1, 0.15) is 23.2 Å². The van der Waals surface area contributed by atoms with Crippen molar-refractivity contribution in [3.8, 4) is 17.1 Å². The van der Waals surface area contributed by atoms with Crippen LogP contribution in [0.3, 0.4) is 0 Å². The lowest BCUT2D eigenvalue weighted by atomic mass is 10.2. The zero-order chi connectivity index (χ0) is 19.3. The number of rotatable bonds is 7. The Hall–Kier alpha value is -2.99. The van der Waals surface area contributed by atoms with Crippen LogP contribution in [0.15, 0.2) is 48.8 Å². The summed E-state index contributed by atoms with van der Waals surface area (Å²) in [7, 11) is 2.09. The Kier molecular flexibility index (Phi) is 5.48. The van der Waals surface area contributed by atoms with Crippen LogP contribution in [0.5, 0.6) is 5.75 Å². The van der Waals surface area contributed by atoms with Crippen molar-refractivity contribution in [2.75, 3.05) is 25.1 Å². The van der Waals surface area contributed by atoms with E-state index in [0.717, 1.165) is 60.3 Å². The second-order valence-electron chi connectivity index (χ2n) is 7.03. The van der Waals surface area contributed by atoms with Crippen LogP contribution in [0, 0.1) is 6.92 Å². The predicted molar refractivity (Wildman–Crippen MR) is 110 cm³/mol. The molecule has 0 aliphatic carbocycles. The van der Waals surface area contributed by atoms with Gasteiger partial charge in [-0.05, 0) is 37.1 Å². The number of ether oxygens (including phenoxy) is 1. The first kappa shape index (κ1) is 18.4. The van der Waals surface area contributed by atoms with Crippen LogP contribution in [-0.4, -0.2) is 35.2 Å². The molecule has 0 bridgehead atoms. The summed E-state index contributed by atoms with van der Waals surface area (Å²) in [6, 6.07) is 12.0. The van der Waals surface area contributed by atoms with Gasteiger partial charge in [0.15, 0.2) is 5.82 Å². The second kappa shape index (κ2) is 8.35. The van der Waals surface area contributed by atoms with Gasteiger partial charge in [0.05, 0.1) is 12.3 Å². The molecule has 3 aromatic rings. The highest BCUT2D eigenvalue weighted by Gasteiger charge is 2.21. The molecule has 2 aromatic heterocycles. The van der Waals surface area contributed by atoms with Crippen molar-refractivity contribution in [2.45, 2.75) is 26.4 Å². The zero-order valence-electron chi connectivity index (χ0n) is 16.4. The largest absolute Gasteiger partial charge is 0.493 e. The first-order valence-corrected chi connectivity index (χ1v) is 9.63. The lowest BCUT2D eigenvalue weighted by Gasteiger charge is -2.21. The molecule has 3 heterocycles. The Balaban J connectivity index is 1.45. The van der Waals surface area contributed by atoms with Crippen LogP contribution in [-0.2, 0) is 13.1 Å². The van der Waals surface area contributed by atoms with Crippen molar-refractivity contribution in [3.63, 3.8) is 0 Å². The molecule has 0 spiro atoms. The van der Waals surface area contributed by atoms with Gasteiger partial charge >= 0.3 is 0 Å². The first-order chi connectivity index (χ1) is 13.7. The molecule has 1 aliphatic rings. The van der Waals surface area contributed by atoms with Gasteiger partial charge in [-0.1, -0.05) is 18.2 Å². The molecule has 1 aromatic carbocycles. The Morgan fingerprint density at radius 2 is 2.00 bits per heavy atom. The Morgan fingerprint density at radius 1 is 1.11 bits per heavy atom. The smallest absolute Gasteiger partial charge is 0.163 e. The SMILES string of the molecule is Cc1ccccc1OCCCN(C)c1nc(-c2cccnc2)nc2c1CNC2. The average molecular weight is 375 g/mol. The first-order valence-electron chi connectivity index (χ1n) is 9.63. The fourth-order valence-electron chi connectivity index (χ4n) is 3.40. The van der Waals surface area contributed by atoms with Crippen LogP contribution < -0.4 is 15.0 Å². The maximum Gasteiger partial charge on any atom is 0.163 e. The third-order valence-corrected chi connectivity index (χ3v) is 4.94. The molecule has 0 fully saturated rings. The van der Waals surface area contributed by atoms with Gasteiger partial charge in [0.25, 0.3) is 0 Å². The van der Waals surface area contributed by atoms with Crippen molar-refractivity contribution in [3.05, 3.63) is 65.6 Å². The number of benzene rings is 1. The summed E-state index contributed by atoms with van der Waals surface area (Å²) in [6.07, 6.45) is 4.49. The monoisotopic (exact) mass is 375 g/mol. The second-order valence-corrected chi connectivity index (χ2v) is 7.03. The van der Waals surface area contributed by atoms with Gasteiger partial charge in [0.2, 0.25) is 0 Å². The standard InChI is InChI=1S/C22H25N5O/c1-16-7-3-4-9-20(16)28-12-6-11-27(2)22-18-14-24-15-19(18)25-21(26-22)17-8-5-10-23-13-17/h3-5,7-10,13,24H,6,11-12,14-15H2,1-2H3. The predicted octanol–water partition coefficient (Wildman–Crippen LogP) is 3.36. The van der Waals surface area contributed by atoms with E-state index in [-0.39, 0.29) is 0 Å². The van der Waals surface area contributed by atoms with Crippen LogP contribution in [0.2, 0.25) is 0 Å². The number of para-hydroxylation sites is 1. The molecule has 0 radical (unpaired) electrons. The highest BCUT2D eigenvalue weighted by atomic mass is 16.5. The molecule has 0 unspecified atom stereocenters. The molecular formula is C22H25N5O. The van der Waals surface area contributed by atoms with E-state index < -0.39 is 0 Å². The summed E-state index contributed by atoms with van der Waals surface area (Å²) in [5.41, 5.74) is 4.37. The van der Waals surface area contributed by atoms with E-state index in [1.807, 2.05) is 36.5 Å². The molecule has 28 heavy (non-hydrogen) atoms. The van der Waals surface area contributed by atoms with E-state index in [1.165, 1.54) is 5.56 Å². The minimum absolute atomic E-state index is 0.677. The molecular weight excluding hydrogens is 350 g/mol. The summed E-state index contributed by atoms with van der Waals surface area (Å²) in [6.45, 7) is 5.20. The summed E-state index contributed by atoms with van der Waals surface area (Å²) in [5.74, 6) is 2.68.